The number of hydrogen-bond acceptors (Lipinski definition) is 7. The Morgan fingerprint density at radius 1 is 1.47 bits per heavy atom. The fraction of sp³-hybridized carbons (Fsp3) is 0.455. The van der Waals surface area contributed by atoms with Gasteiger partial charge in [-0.1, -0.05) is 12.1 Å². The minimum absolute atomic E-state index is 0.244. The molecule has 1 saturated heterocycles. The third-order valence-electron chi connectivity index (χ3n) is 2.87. The molecular formula is C11H11N5OS2. The molecule has 2 unspecified atom stereocenters. The van der Waals surface area contributed by atoms with Crippen LogP contribution in [-0.2, 0) is 0 Å². The van der Waals surface area contributed by atoms with E-state index in [0.717, 1.165) is 11.5 Å². The van der Waals surface area contributed by atoms with Gasteiger partial charge in [0.25, 0.3) is 5.89 Å². The van der Waals surface area contributed by atoms with Crippen molar-refractivity contribution in [3.8, 4) is 17.5 Å². The van der Waals surface area contributed by atoms with Crippen LogP contribution in [0.25, 0.3) is 11.5 Å². The fourth-order valence-electron chi connectivity index (χ4n) is 1.91. The smallest absolute Gasteiger partial charge is 0.262 e. The summed E-state index contributed by atoms with van der Waals surface area (Å²) in [6, 6.07) is 2.02. The topological polar surface area (TPSA) is 91.4 Å². The van der Waals surface area contributed by atoms with E-state index >= 15 is 0 Å². The van der Waals surface area contributed by atoms with Gasteiger partial charge in [0, 0.05) is 16.8 Å². The average molecular weight is 293 g/mol. The molecule has 0 aliphatic carbocycles. The maximum Gasteiger partial charge on any atom is 0.262 e. The minimum Gasteiger partial charge on any atom is -0.334 e. The van der Waals surface area contributed by atoms with E-state index in [0.29, 0.717) is 28.2 Å². The third-order valence-corrected chi connectivity index (χ3v) is 5.95. The first-order chi connectivity index (χ1) is 9.29. The van der Waals surface area contributed by atoms with E-state index in [2.05, 4.69) is 27.3 Å². The number of thioether (sulfide) groups is 2. The molecule has 1 aliphatic rings. The maximum absolute atomic E-state index is 8.95. The molecule has 19 heavy (non-hydrogen) atoms. The normalized spacial score (nSPS) is 23.2. The van der Waals surface area contributed by atoms with Crippen molar-refractivity contribution in [3.63, 3.8) is 0 Å². The molecule has 0 spiro atoms. The number of rotatable bonds is 2. The summed E-state index contributed by atoms with van der Waals surface area (Å²) < 4.78 is 5.26. The molecule has 2 atom stereocenters. The molecule has 0 aromatic carbocycles. The summed E-state index contributed by atoms with van der Waals surface area (Å²) in [7, 11) is 0. The summed E-state index contributed by atoms with van der Waals surface area (Å²) >= 11 is 3.77. The lowest BCUT2D eigenvalue weighted by molar-refractivity contribution is 0.421. The highest BCUT2D eigenvalue weighted by atomic mass is 32.2. The van der Waals surface area contributed by atoms with E-state index in [1.54, 1.807) is 0 Å². The second-order valence-corrected chi connectivity index (χ2v) is 6.83. The Morgan fingerprint density at radius 2 is 2.32 bits per heavy atom. The predicted molar refractivity (Wildman–Crippen MR) is 73.7 cm³/mol. The SMILES string of the molecule is CC1SCCSC1c1noc(-c2cn[nH]c2C#N)n1. The van der Waals surface area contributed by atoms with Crippen molar-refractivity contribution in [1.82, 2.24) is 20.3 Å². The van der Waals surface area contributed by atoms with Gasteiger partial charge in [-0.3, -0.25) is 5.10 Å². The Morgan fingerprint density at radius 3 is 3.11 bits per heavy atom. The van der Waals surface area contributed by atoms with E-state index in [1.165, 1.54) is 6.20 Å². The Hall–Kier alpha value is -1.46. The summed E-state index contributed by atoms with van der Waals surface area (Å²) in [4.78, 5) is 4.41. The van der Waals surface area contributed by atoms with Crippen LogP contribution in [0.4, 0.5) is 0 Å². The molecule has 1 aliphatic heterocycles. The van der Waals surface area contributed by atoms with Gasteiger partial charge in [-0.25, -0.2) is 0 Å². The van der Waals surface area contributed by atoms with Gasteiger partial charge in [-0.15, -0.1) is 11.8 Å². The van der Waals surface area contributed by atoms with Gasteiger partial charge in [-0.2, -0.15) is 27.1 Å². The summed E-state index contributed by atoms with van der Waals surface area (Å²) in [5.74, 6) is 3.31. The molecule has 1 N–H and O–H groups in total. The Bertz CT molecular complexity index is 617. The van der Waals surface area contributed by atoms with Crippen LogP contribution in [0.2, 0.25) is 0 Å². The molecule has 98 valence electrons. The van der Waals surface area contributed by atoms with Crippen molar-refractivity contribution in [2.24, 2.45) is 0 Å². The number of nitrogens with one attached hydrogen (secondary N) is 1. The van der Waals surface area contributed by atoms with Gasteiger partial charge in [0.2, 0.25) is 0 Å². The van der Waals surface area contributed by atoms with Crippen LogP contribution in [0.1, 0.15) is 23.7 Å². The molecule has 8 heteroatoms. The van der Waals surface area contributed by atoms with Crippen LogP contribution in [0.5, 0.6) is 0 Å². The molecule has 2 aromatic rings. The first kappa shape index (κ1) is 12.6. The van der Waals surface area contributed by atoms with Crippen molar-refractivity contribution in [1.29, 1.82) is 5.26 Å². The molecule has 2 aromatic heterocycles. The molecular weight excluding hydrogens is 282 g/mol. The summed E-state index contributed by atoms with van der Waals surface area (Å²) in [6.45, 7) is 2.18. The lowest BCUT2D eigenvalue weighted by Gasteiger charge is -2.24. The quantitative estimate of drug-likeness (QED) is 0.907. The second kappa shape index (κ2) is 5.27. The molecule has 0 radical (unpaired) electrons. The molecule has 0 amide bonds. The third kappa shape index (κ3) is 2.35. The molecule has 3 heterocycles. The Labute approximate surface area is 118 Å². The maximum atomic E-state index is 8.95. The number of aromatic amines is 1. The number of aromatic nitrogens is 4. The number of H-pyrrole nitrogens is 1. The summed E-state index contributed by atoms with van der Waals surface area (Å²) in [5.41, 5.74) is 0.899. The van der Waals surface area contributed by atoms with E-state index < -0.39 is 0 Å². The van der Waals surface area contributed by atoms with E-state index in [4.69, 9.17) is 9.78 Å². The van der Waals surface area contributed by atoms with Crippen LogP contribution in [0.15, 0.2) is 10.7 Å². The highest BCUT2D eigenvalue weighted by Gasteiger charge is 2.29. The Balaban J connectivity index is 1.89. The van der Waals surface area contributed by atoms with Gasteiger partial charge in [0.1, 0.15) is 11.8 Å². The van der Waals surface area contributed by atoms with Crippen molar-refractivity contribution < 1.29 is 4.52 Å². The van der Waals surface area contributed by atoms with Gasteiger partial charge >= 0.3 is 0 Å². The van der Waals surface area contributed by atoms with Crippen LogP contribution in [0.3, 0.4) is 0 Å². The first-order valence-electron chi connectivity index (χ1n) is 5.80. The van der Waals surface area contributed by atoms with E-state index in [-0.39, 0.29) is 5.25 Å². The van der Waals surface area contributed by atoms with Gasteiger partial charge in [0.15, 0.2) is 5.82 Å². The Kier molecular flexibility index (Phi) is 3.48. The highest BCUT2D eigenvalue weighted by molar-refractivity contribution is 8.06. The largest absolute Gasteiger partial charge is 0.334 e. The van der Waals surface area contributed by atoms with Gasteiger partial charge in [-0.05, 0) is 0 Å². The standard InChI is InChI=1S/C11H11N5OS2/c1-6-9(19-3-2-18-6)10-14-11(17-16-10)7-5-13-15-8(7)4-12/h5-6,9H,2-3H2,1H3,(H,13,15). The van der Waals surface area contributed by atoms with Gasteiger partial charge < -0.3 is 4.52 Å². The average Bonchev–Trinajstić information content (AvgIpc) is 3.07. The molecule has 0 saturated carbocycles. The van der Waals surface area contributed by atoms with E-state index in [1.807, 2.05) is 29.6 Å². The molecule has 6 nitrogen and oxygen atoms in total. The summed E-state index contributed by atoms with van der Waals surface area (Å²) in [6.07, 6.45) is 1.53. The minimum atomic E-state index is 0.244. The van der Waals surface area contributed by atoms with Crippen molar-refractivity contribution >= 4 is 23.5 Å². The zero-order valence-electron chi connectivity index (χ0n) is 10.2. The summed E-state index contributed by atoms with van der Waals surface area (Å²) in [5, 5.41) is 20.1. The molecule has 3 rings (SSSR count). The predicted octanol–water partition coefficient (Wildman–Crippen LogP) is 2.24. The van der Waals surface area contributed by atoms with Crippen LogP contribution in [0, 0.1) is 11.3 Å². The lowest BCUT2D eigenvalue weighted by Crippen LogP contribution is -2.16. The fourth-order valence-corrected chi connectivity index (χ4v) is 4.59. The lowest BCUT2D eigenvalue weighted by atomic mass is 10.2. The second-order valence-electron chi connectivity index (χ2n) is 4.10. The number of nitrogens with zero attached hydrogens (tertiary/aromatic N) is 4. The van der Waals surface area contributed by atoms with Crippen molar-refractivity contribution in [3.05, 3.63) is 17.7 Å². The molecule has 1 fully saturated rings. The monoisotopic (exact) mass is 293 g/mol. The highest BCUT2D eigenvalue weighted by Crippen LogP contribution is 2.41. The molecule has 0 bridgehead atoms. The zero-order valence-corrected chi connectivity index (χ0v) is 11.8. The van der Waals surface area contributed by atoms with Crippen LogP contribution < -0.4 is 0 Å². The van der Waals surface area contributed by atoms with Crippen LogP contribution >= 0.6 is 23.5 Å². The van der Waals surface area contributed by atoms with Crippen LogP contribution in [-0.4, -0.2) is 37.1 Å². The zero-order chi connectivity index (χ0) is 13.2. The van der Waals surface area contributed by atoms with Gasteiger partial charge in [0.05, 0.1) is 17.0 Å². The van der Waals surface area contributed by atoms with Crippen molar-refractivity contribution in [2.45, 2.75) is 17.4 Å². The first-order valence-corrected chi connectivity index (χ1v) is 7.90. The number of hydrogen-bond donors (Lipinski definition) is 1. The van der Waals surface area contributed by atoms with E-state index in [9.17, 15) is 0 Å². The van der Waals surface area contributed by atoms with Crippen molar-refractivity contribution in [2.75, 3.05) is 11.5 Å². The number of nitriles is 1.